The van der Waals surface area contributed by atoms with Gasteiger partial charge in [-0.3, -0.25) is 4.79 Å². The summed E-state index contributed by atoms with van der Waals surface area (Å²) in [6, 6.07) is 9.68. The van der Waals surface area contributed by atoms with Crippen molar-refractivity contribution in [3.05, 3.63) is 71.4 Å². The van der Waals surface area contributed by atoms with Gasteiger partial charge in [-0.2, -0.15) is 10.4 Å². The maximum absolute atomic E-state index is 13.1. The molecule has 4 aromatic heterocycles. The molecule has 0 aliphatic heterocycles. The van der Waals surface area contributed by atoms with Gasteiger partial charge in [0.05, 0.1) is 35.6 Å². The van der Waals surface area contributed by atoms with Crippen molar-refractivity contribution in [1.82, 2.24) is 24.9 Å². The Hall–Kier alpha value is -5.33. The zero-order chi connectivity index (χ0) is 28.9. The molecule has 9 nitrogen and oxygen atoms in total. The third-order valence-electron chi connectivity index (χ3n) is 6.91. The summed E-state index contributed by atoms with van der Waals surface area (Å²) < 4.78 is 7.35. The standard InChI is InChI=1S/C33H29N7O2/c1-2-42-27-16-28(32-26(17-34)20-39-40(32)21-27)25-10-12-31(38-19-25)35-13-14-36-33(41)29-15-24(8-7-22-3-4-22)18-37-30(29)11-9-23-5-6-23/h10,12,15-16,18-23H,2-6,13-14H2,1H3,(H,35,38)(H,36,41). The first-order valence-corrected chi connectivity index (χ1v) is 14.2. The van der Waals surface area contributed by atoms with Crippen molar-refractivity contribution in [2.45, 2.75) is 32.6 Å². The first kappa shape index (κ1) is 26.9. The van der Waals surface area contributed by atoms with Gasteiger partial charge in [0.1, 0.15) is 23.3 Å². The number of aromatic nitrogens is 4. The molecule has 0 saturated heterocycles. The lowest BCUT2D eigenvalue weighted by Crippen LogP contribution is -2.29. The normalized spacial score (nSPS) is 13.7. The van der Waals surface area contributed by atoms with Crippen molar-refractivity contribution < 1.29 is 9.53 Å². The van der Waals surface area contributed by atoms with Crippen molar-refractivity contribution in [1.29, 1.82) is 5.26 Å². The van der Waals surface area contributed by atoms with Crippen molar-refractivity contribution in [3.8, 4) is 46.6 Å². The molecule has 1 amide bonds. The summed E-state index contributed by atoms with van der Waals surface area (Å²) in [5.41, 5.74) is 4.47. The maximum atomic E-state index is 13.1. The summed E-state index contributed by atoms with van der Waals surface area (Å²) in [7, 11) is 0. The van der Waals surface area contributed by atoms with E-state index in [0.717, 1.165) is 42.4 Å². The van der Waals surface area contributed by atoms with Crippen LogP contribution in [0.15, 0.2) is 49.1 Å². The summed E-state index contributed by atoms with van der Waals surface area (Å²) in [6.45, 7) is 3.29. The number of hydrogen-bond donors (Lipinski definition) is 2. The zero-order valence-electron chi connectivity index (χ0n) is 23.3. The highest BCUT2D eigenvalue weighted by Gasteiger charge is 2.20. The summed E-state index contributed by atoms with van der Waals surface area (Å²) >= 11 is 0. The number of hydrogen-bond acceptors (Lipinski definition) is 7. The predicted molar refractivity (Wildman–Crippen MR) is 159 cm³/mol. The number of rotatable bonds is 8. The minimum absolute atomic E-state index is 0.227. The Morgan fingerprint density at radius 3 is 2.57 bits per heavy atom. The molecule has 6 rings (SSSR count). The number of nitrogens with zero attached hydrogens (tertiary/aromatic N) is 5. The second-order valence-corrected chi connectivity index (χ2v) is 10.3. The fourth-order valence-corrected chi connectivity index (χ4v) is 4.38. The fourth-order valence-electron chi connectivity index (χ4n) is 4.38. The number of fused-ring (bicyclic) bond motifs is 1. The number of nitriles is 1. The SMILES string of the molecule is CCOc1cc(-c2ccc(NCCNC(=O)c3cc(C#CC4CC4)cnc3C#CC3CC3)nc2)c2c(C#N)cnn2c1. The van der Waals surface area contributed by atoms with Crippen LogP contribution in [0.4, 0.5) is 5.82 Å². The second-order valence-electron chi connectivity index (χ2n) is 10.3. The molecule has 0 bridgehead atoms. The third kappa shape index (κ3) is 6.35. The second kappa shape index (κ2) is 12.0. The van der Waals surface area contributed by atoms with Crippen molar-refractivity contribution >= 4 is 17.2 Å². The number of carbonyl (C=O) groups is 1. The highest BCUT2D eigenvalue weighted by molar-refractivity contribution is 5.96. The molecule has 42 heavy (non-hydrogen) atoms. The van der Waals surface area contributed by atoms with Gasteiger partial charge in [0, 0.05) is 54.0 Å². The topological polar surface area (TPSA) is 117 Å². The quantitative estimate of drug-likeness (QED) is 0.244. The Bertz CT molecular complexity index is 1810. The Labute approximate surface area is 244 Å². The molecule has 208 valence electrons. The Morgan fingerprint density at radius 2 is 1.86 bits per heavy atom. The van der Waals surface area contributed by atoms with Crippen LogP contribution in [0.2, 0.25) is 0 Å². The number of carbonyl (C=O) groups excluding carboxylic acids is 1. The maximum Gasteiger partial charge on any atom is 0.254 e. The molecular formula is C33H29N7O2. The molecular weight excluding hydrogens is 526 g/mol. The molecule has 2 N–H and O–H groups in total. The smallest absolute Gasteiger partial charge is 0.254 e. The molecule has 4 aromatic rings. The van der Waals surface area contributed by atoms with Crippen molar-refractivity contribution in [2.75, 3.05) is 25.0 Å². The van der Waals surface area contributed by atoms with Gasteiger partial charge in [0.2, 0.25) is 0 Å². The van der Waals surface area contributed by atoms with E-state index in [4.69, 9.17) is 4.74 Å². The van der Waals surface area contributed by atoms with E-state index in [1.54, 1.807) is 35.4 Å². The van der Waals surface area contributed by atoms with Crippen LogP contribution in [0.25, 0.3) is 16.6 Å². The van der Waals surface area contributed by atoms with Gasteiger partial charge in [0.25, 0.3) is 5.91 Å². The summed E-state index contributed by atoms with van der Waals surface area (Å²) in [6.07, 6.45) is 11.2. The van der Waals surface area contributed by atoms with E-state index in [1.807, 2.05) is 25.1 Å². The molecule has 0 radical (unpaired) electrons. The van der Waals surface area contributed by atoms with Gasteiger partial charge in [-0.1, -0.05) is 17.8 Å². The Kier molecular flexibility index (Phi) is 7.70. The molecule has 0 spiro atoms. The molecule has 2 fully saturated rings. The third-order valence-corrected chi connectivity index (χ3v) is 6.91. The molecule has 4 heterocycles. The van der Waals surface area contributed by atoms with Gasteiger partial charge < -0.3 is 15.4 Å². The van der Waals surface area contributed by atoms with Crippen LogP contribution >= 0.6 is 0 Å². The Morgan fingerprint density at radius 1 is 1.05 bits per heavy atom. The summed E-state index contributed by atoms with van der Waals surface area (Å²) in [5.74, 6) is 14.6. The van der Waals surface area contributed by atoms with Gasteiger partial charge in [0.15, 0.2) is 0 Å². The van der Waals surface area contributed by atoms with Crippen molar-refractivity contribution in [2.24, 2.45) is 11.8 Å². The van der Waals surface area contributed by atoms with Gasteiger partial charge in [-0.15, -0.1) is 0 Å². The van der Waals surface area contributed by atoms with Gasteiger partial charge in [-0.25, -0.2) is 14.5 Å². The largest absolute Gasteiger partial charge is 0.492 e. The van der Waals surface area contributed by atoms with Crippen LogP contribution < -0.4 is 15.4 Å². The first-order valence-electron chi connectivity index (χ1n) is 14.2. The average Bonchev–Trinajstić information content (AvgIpc) is 3.96. The average molecular weight is 556 g/mol. The molecule has 0 aromatic carbocycles. The lowest BCUT2D eigenvalue weighted by atomic mass is 10.1. The van der Waals surface area contributed by atoms with E-state index in [2.05, 4.69) is 55.5 Å². The van der Waals surface area contributed by atoms with E-state index < -0.39 is 0 Å². The lowest BCUT2D eigenvalue weighted by molar-refractivity contribution is 0.0954. The fraction of sp³-hybridized carbons (Fsp3) is 0.303. The number of amides is 1. The molecule has 2 saturated carbocycles. The van der Waals surface area contributed by atoms with Gasteiger partial charge in [-0.05, 0) is 62.8 Å². The highest BCUT2D eigenvalue weighted by atomic mass is 16.5. The number of nitrogens with one attached hydrogen (secondary N) is 2. The zero-order valence-corrected chi connectivity index (χ0v) is 23.3. The van der Waals surface area contributed by atoms with E-state index in [-0.39, 0.29) is 5.91 Å². The van der Waals surface area contributed by atoms with Crippen LogP contribution in [-0.2, 0) is 0 Å². The molecule has 0 unspecified atom stereocenters. The molecule has 9 heteroatoms. The monoisotopic (exact) mass is 555 g/mol. The van der Waals surface area contributed by atoms with Gasteiger partial charge >= 0.3 is 0 Å². The first-order chi connectivity index (χ1) is 20.6. The van der Waals surface area contributed by atoms with Crippen LogP contribution in [0.5, 0.6) is 5.75 Å². The number of pyridine rings is 3. The predicted octanol–water partition coefficient (Wildman–Crippen LogP) is 4.43. The molecule has 2 aliphatic carbocycles. The van der Waals surface area contributed by atoms with E-state index >= 15 is 0 Å². The minimum Gasteiger partial charge on any atom is -0.492 e. The Balaban J connectivity index is 1.11. The van der Waals surface area contributed by atoms with Crippen molar-refractivity contribution in [3.63, 3.8) is 0 Å². The highest BCUT2D eigenvalue weighted by Crippen LogP contribution is 2.31. The van der Waals surface area contributed by atoms with E-state index in [9.17, 15) is 10.1 Å². The summed E-state index contributed by atoms with van der Waals surface area (Å²) in [4.78, 5) is 22.1. The van der Waals surface area contributed by atoms with Crippen LogP contribution in [0.3, 0.4) is 0 Å². The summed E-state index contributed by atoms with van der Waals surface area (Å²) in [5, 5.41) is 20.1. The molecule has 0 atom stereocenters. The minimum atomic E-state index is -0.227. The lowest BCUT2D eigenvalue weighted by Gasteiger charge is -2.11. The van der Waals surface area contributed by atoms with Crippen LogP contribution in [0.1, 0.15) is 59.8 Å². The van der Waals surface area contributed by atoms with E-state index in [1.165, 1.54) is 0 Å². The number of ether oxygens (including phenoxy) is 1. The number of anilines is 1. The van der Waals surface area contributed by atoms with Crippen LogP contribution in [0, 0.1) is 46.8 Å². The molecule has 2 aliphatic rings. The van der Waals surface area contributed by atoms with E-state index in [0.29, 0.717) is 65.4 Å². The van der Waals surface area contributed by atoms with Crippen LogP contribution in [-0.4, -0.2) is 45.2 Å².